The average Bonchev–Trinajstić information content (AvgIpc) is 2.85. The molecule has 24 heavy (non-hydrogen) atoms. The number of carbonyl (C=O) groups is 3. The lowest BCUT2D eigenvalue weighted by Crippen LogP contribution is -2.39. The van der Waals surface area contributed by atoms with Crippen LogP contribution in [0.15, 0.2) is 30.3 Å². The van der Waals surface area contributed by atoms with Crippen molar-refractivity contribution >= 4 is 17.9 Å². The monoisotopic (exact) mass is 333 g/mol. The van der Waals surface area contributed by atoms with Crippen LogP contribution in [0.25, 0.3) is 0 Å². The number of hydrogen-bond acceptors (Lipinski definition) is 3. The molecular formula is C17H23N3O4. The second-order valence-electron chi connectivity index (χ2n) is 5.96. The average molecular weight is 333 g/mol. The van der Waals surface area contributed by atoms with Gasteiger partial charge in [0.25, 0.3) is 0 Å². The van der Waals surface area contributed by atoms with Crippen LogP contribution >= 0.6 is 0 Å². The van der Waals surface area contributed by atoms with Gasteiger partial charge in [-0.1, -0.05) is 30.3 Å². The van der Waals surface area contributed by atoms with E-state index >= 15 is 0 Å². The van der Waals surface area contributed by atoms with Gasteiger partial charge >= 0.3 is 12.0 Å². The number of carbonyl (C=O) groups excluding carboxylic acids is 2. The molecule has 0 aliphatic carbocycles. The Hall–Kier alpha value is -2.57. The van der Waals surface area contributed by atoms with Crippen molar-refractivity contribution in [2.75, 3.05) is 20.1 Å². The Labute approximate surface area is 141 Å². The van der Waals surface area contributed by atoms with Crippen molar-refractivity contribution in [2.24, 2.45) is 5.92 Å². The van der Waals surface area contributed by atoms with Crippen molar-refractivity contribution in [3.05, 3.63) is 35.9 Å². The van der Waals surface area contributed by atoms with Crippen molar-refractivity contribution in [3.8, 4) is 0 Å². The lowest BCUT2D eigenvalue weighted by atomic mass is 9.94. The molecule has 3 amide bonds. The van der Waals surface area contributed by atoms with Crippen molar-refractivity contribution in [1.82, 2.24) is 15.5 Å². The predicted octanol–water partition coefficient (Wildman–Crippen LogP) is 1.37. The third-order valence-electron chi connectivity index (χ3n) is 4.21. The number of nitrogens with zero attached hydrogens (tertiary/aromatic N) is 1. The second-order valence-corrected chi connectivity index (χ2v) is 5.96. The van der Waals surface area contributed by atoms with Crippen LogP contribution in [0.5, 0.6) is 0 Å². The third kappa shape index (κ3) is 4.71. The Morgan fingerprint density at radius 3 is 2.62 bits per heavy atom. The van der Waals surface area contributed by atoms with E-state index in [0.29, 0.717) is 25.9 Å². The van der Waals surface area contributed by atoms with Gasteiger partial charge in [-0.2, -0.15) is 0 Å². The number of aliphatic carboxylic acids is 1. The van der Waals surface area contributed by atoms with E-state index in [1.807, 2.05) is 30.3 Å². The first-order valence-electron chi connectivity index (χ1n) is 8.03. The van der Waals surface area contributed by atoms with Crippen molar-refractivity contribution in [1.29, 1.82) is 0 Å². The van der Waals surface area contributed by atoms with Gasteiger partial charge in [0.05, 0.1) is 6.04 Å². The number of hydrogen-bond donors (Lipinski definition) is 3. The fraction of sp³-hybridized carbons (Fsp3) is 0.471. The summed E-state index contributed by atoms with van der Waals surface area (Å²) in [6.07, 6.45) is 0.813. The van der Waals surface area contributed by atoms with E-state index in [-0.39, 0.29) is 30.3 Å². The molecule has 2 atom stereocenters. The fourth-order valence-corrected chi connectivity index (χ4v) is 3.01. The first-order chi connectivity index (χ1) is 11.5. The zero-order chi connectivity index (χ0) is 17.5. The molecular weight excluding hydrogens is 310 g/mol. The van der Waals surface area contributed by atoms with Crippen LogP contribution in [0, 0.1) is 5.92 Å². The number of nitrogens with one attached hydrogen (secondary N) is 2. The highest BCUT2D eigenvalue weighted by Gasteiger charge is 2.38. The number of amides is 3. The molecule has 2 rings (SSSR count). The van der Waals surface area contributed by atoms with Gasteiger partial charge < -0.3 is 20.6 Å². The summed E-state index contributed by atoms with van der Waals surface area (Å²) in [5.41, 5.74) is 1.06. The summed E-state index contributed by atoms with van der Waals surface area (Å²) < 4.78 is 0. The van der Waals surface area contributed by atoms with E-state index in [4.69, 9.17) is 5.11 Å². The Morgan fingerprint density at radius 2 is 1.96 bits per heavy atom. The SMILES string of the molecule is CN1C(=O)C[C@@H](CNC(=O)NCCCC(=O)O)[C@@H]1c1ccccc1. The van der Waals surface area contributed by atoms with E-state index in [2.05, 4.69) is 10.6 Å². The molecule has 1 saturated heterocycles. The highest BCUT2D eigenvalue weighted by Crippen LogP contribution is 2.36. The second kappa shape index (κ2) is 8.33. The summed E-state index contributed by atoms with van der Waals surface area (Å²) in [5, 5.41) is 14.0. The van der Waals surface area contributed by atoms with E-state index in [9.17, 15) is 14.4 Å². The highest BCUT2D eigenvalue weighted by molar-refractivity contribution is 5.80. The van der Waals surface area contributed by atoms with Crippen LogP contribution in [0.4, 0.5) is 4.79 Å². The largest absolute Gasteiger partial charge is 0.481 e. The van der Waals surface area contributed by atoms with Crippen LogP contribution in [0.2, 0.25) is 0 Å². The summed E-state index contributed by atoms with van der Waals surface area (Å²) in [4.78, 5) is 36.0. The molecule has 0 spiro atoms. The lowest BCUT2D eigenvalue weighted by molar-refractivity contribution is -0.137. The van der Waals surface area contributed by atoms with Gasteiger partial charge in [-0.05, 0) is 12.0 Å². The standard InChI is InChI=1S/C17H23N3O4/c1-20-14(21)10-13(16(20)12-6-3-2-4-7-12)11-19-17(24)18-9-5-8-15(22)23/h2-4,6-7,13,16H,5,8-11H2,1H3,(H,22,23)(H2,18,19,24)/t13-,16-/m0/s1. The summed E-state index contributed by atoms with van der Waals surface area (Å²) in [5.74, 6) is -0.803. The molecule has 1 heterocycles. The zero-order valence-corrected chi connectivity index (χ0v) is 13.7. The number of benzene rings is 1. The van der Waals surface area contributed by atoms with Crippen LogP contribution in [-0.2, 0) is 9.59 Å². The van der Waals surface area contributed by atoms with Crippen LogP contribution in [0.1, 0.15) is 30.9 Å². The molecule has 3 N–H and O–H groups in total. The van der Waals surface area contributed by atoms with Gasteiger partial charge in [0.2, 0.25) is 5.91 Å². The Kier molecular flexibility index (Phi) is 6.17. The topological polar surface area (TPSA) is 98.7 Å². The molecule has 0 aromatic heterocycles. The minimum atomic E-state index is -0.879. The van der Waals surface area contributed by atoms with Gasteiger partial charge in [0, 0.05) is 38.9 Å². The van der Waals surface area contributed by atoms with Gasteiger partial charge in [-0.15, -0.1) is 0 Å². The normalized spacial score (nSPS) is 20.0. The summed E-state index contributed by atoms with van der Waals surface area (Å²) >= 11 is 0. The predicted molar refractivity (Wildman–Crippen MR) is 88.3 cm³/mol. The summed E-state index contributed by atoms with van der Waals surface area (Å²) in [7, 11) is 1.78. The Balaban J connectivity index is 1.85. The highest BCUT2D eigenvalue weighted by atomic mass is 16.4. The van der Waals surface area contributed by atoms with Gasteiger partial charge in [-0.25, -0.2) is 4.79 Å². The van der Waals surface area contributed by atoms with Gasteiger partial charge in [0.15, 0.2) is 0 Å². The van der Waals surface area contributed by atoms with Crippen molar-refractivity contribution in [3.63, 3.8) is 0 Å². The van der Waals surface area contributed by atoms with Crippen LogP contribution in [0.3, 0.4) is 0 Å². The third-order valence-corrected chi connectivity index (χ3v) is 4.21. The molecule has 0 saturated carbocycles. The van der Waals surface area contributed by atoms with Gasteiger partial charge in [0.1, 0.15) is 0 Å². The zero-order valence-electron chi connectivity index (χ0n) is 13.7. The van der Waals surface area contributed by atoms with Crippen molar-refractivity contribution in [2.45, 2.75) is 25.3 Å². The summed E-state index contributed by atoms with van der Waals surface area (Å²) in [6, 6.07) is 9.38. The van der Waals surface area contributed by atoms with Crippen molar-refractivity contribution < 1.29 is 19.5 Å². The van der Waals surface area contributed by atoms with E-state index < -0.39 is 5.97 Å². The molecule has 1 fully saturated rings. The first-order valence-corrected chi connectivity index (χ1v) is 8.03. The Morgan fingerprint density at radius 1 is 1.25 bits per heavy atom. The smallest absolute Gasteiger partial charge is 0.314 e. The number of urea groups is 1. The molecule has 0 unspecified atom stereocenters. The first kappa shape index (κ1) is 17.8. The quantitative estimate of drug-likeness (QED) is 0.656. The maximum absolute atomic E-state index is 12.0. The minimum absolute atomic E-state index is 0.00895. The molecule has 1 aromatic rings. The maximum Gasteiger partial charge on any atom is 0.314 e. The number of carboxylic acid groups (broad SMARTS) is 1. The molecule has 1 aliphatic heterocycles. The van der Waals surface area contributed by atoms with E-state index in [1.54, 1.807) is 11.9 Å². The van der Waals surface area contributed by atoms with Crippen LogP contribution < -0.4 is 10.6 Å². The molecule has 1 aromatic carbocycles. The Bertz CT molecular complexity index is 591. The molecule has 7 heteroatoms. The number of likely N-dealkylation sites (tertiary alicyclic amines) is 1. The molecule has 0 bridgehead atoms. The molecule has 130 valence electrons. The number of rotatable bonds is 7. The molecule has 1 aliphatic rings. The van der Waals surface area contributed by atoms with E-state index in [0.717, 1.165) is 5.56 Å². The number of carboxylic acids is 1. The van der Waals surface area contributed by atoms with Crippen LogP contribution in [-0.4, -0.2) is 48.1 Å². The van der Waals surface area contributed by atoms with E-state index in [1.165, 1.54) is 0 Å². The minimum Gasteiger partial charge on any atom is -0.481 e. The fourth-order valence-electron chi connectivity index (χ4n) is 3.01. The molecule has 7 nitrogen and oxygen atoms in total. The van der Waals surface area contributed by atoms with Gasteiger partial charge in [-0.3, -0.25) is 9.59 Å². The maximum atomic E-state index is 12.0. The summed E-state index contributed by atoms with van der Waals surface area (Å²) in [6.45, 7) is 0.699. The lowest BCUT2D eigenvalue weighted by Gasteiger charge is -2.25. The molecule has 0 radical (unpaired) electrons.